The first-order valence-electron chi connectivity index (χ1n) is 6.63. The largest absolute Gasteiger partial charge is 0.295 e. The van der Waals surface area contributed by atoms with E-state index in [0.29, 0.717) is 16.7 Å². The molecule has 2 aromatic rings. The lowest BCUT2D eigenvalue weighted by Gasteiger charge is -2.13. The minimum absolute atomic E-state index is 0.125. The van der Waals surface area contributed by atoms with Crippen LogP contribution in [0.4, 0.5) is 0 Å². The third-order valence-electron chi connectivity index (χ3n) is 3.56. The molecule has 0 aliphatic carbocycles. The summed E-state index contributed by atoms with van der Waals surface area (Å²) in [5, 5.41) is 0. The lowest BCUT2D eigenvalue weighted by Crippen LogP contribution is -2.29. The van der Waals surface area contributed by atoms with Crippen molar-refractivity contribution in [3.05, 3.63) is 70.8 Å². The Hall–Kier alpha value is -2.75. The van der Waals surface area contributed by atoms with Gasteiger partial charge >= 0.3 is 0 Å². The Balaban J connectivity index is 1.95. The maximum Gasteiger partial charge on any atom is 0.261 e. The van der Waals surface area contributed by atoms with Gasteiger partial charge in [-0.15, -0.1) is 0 Å². The maximum atomic E-state index is 12.4. The van der Waals surface area contributed by atoms with Crippen molar-refractivity contribution < 1.29 is 14.4 Å². The number of benzene rings is 2. The van der Waals surface area contributed by atoms with Crippen molar-refractivity contribution >= 4 is 17.6 Å². The van der Waals surface area contributed by atoms with Gasteiger partial charge in [-0.25, -0.2) is 0 Å². The summed E-state index contributed by atoms with van der Waals surface area (Å²) in [6.07, 6.45) is 0. The lowest BCUT2D eigenvalue weighted by atomic mass is 10.0. The van der Waals surface area contributed by atoms with E-state index in [4.69, 9.17) is 0 Å². The minimum Gasteiger partial charge on any atom is -0.295 e. The molecule has 1 aliphatic heterocycles. The number of carbonyl (C=O) groups excluding carboxylic acids is 3. The van der Waals surface area contributed by atoms with Crippen LogP contribution in [-0.4, -0.2) is 22.5 Å². The monoisotopic (exact) mass is 279 g/mol. The Morgan fingerprint density at radius 1 is 0.952 bits per heavy atom. The second-order valence-corrected chi connectivity index (χ2v) is 5.00. The number of nitrogens with zero attached hydrogens (tertiary/aromatic N) is 1. The molecule has 0 N–H and O–H groups in total. The minimum atomic E-state index is -0.345. The van der Waals surface area contributed by atoms with Gasteiger partial charge in [-0.3, -0.25) is 19.3 Å². The predicted molar refractivity (Wildman–Crippen MR) is 77.1 cm³/mol. The van der Waals surface area contributed by atoms with E-state index < -0.39 is 0 Å². The molecule has 0 saturated heterocycles. The molecule has 0 radical (unpaired) electrons. The van der Waals surface area contributed by atoms with Gasteiger partial charge in [-0.1, -0.05) is 36.4 Å². The molecule has 4 nitrogen and oxygen atoms in total. The molecular weight excluding hydrogens is 266 g/mol. The zero-order chi connectivity index (χ0) is 15.0. The summed E-state index contributed by atoms with van der Waals surface area (Å²) >= 11 is 0. The molecule has 4 heteroatoms. The molecule has 0 saturated carbocycles. The Kier molecular flexibility index (Phi) is 3.14. The first kappa shape index (κ1) is 13.2. The van der Waals surface area contributed by atoms with E-state index >= 15 is 0 Å². The summed E-state index contributed by atoms with van der Waals surface area (Å²) in [5.41, 5.74) is 2.00. The van der Waals surface area contributed by atoms with Crippen molar-refractivity contribution in [3.63, 3.8) is 0 Å². The van der Waals surface area contributed by atoms with Crippen LogP contribution in [0.3, 0.4) is 0 Å². The van der Waals surface area contributed by atoms with E-state index in [2.05, 4.69) is 0 Å². The molecule has 0 spiro atoms. The van der Waals surface area contributed by atoms with Crippen molar-refractivity contribution in [1.82, 2.24) is 4.90 Å². The van der Waals surface area contributed by atoms with E-state index in [1.54, 1.807) is 12.1 Å². The van der Waals surface area contributed by atoms with E-state index in [-0.39, 0.29) is 24.1 Å². The van der Waals surface area contributed by atoms with E-state index in [1.165, 1.54) is 17.9 Å². The van der Waals surface area contributed by atoms with Crippen LogP contribution in [0.1, 0.15) is 43.6 Å². The van der Waals surface area contributed by atoms with Crippen molar-refractivity contribution in [3.8, 4) is 0 Å². The van der Waals surface area contributed by atoms with Crippen LogP contribution >= 0.6 is 0 Å². The van der Waals surface area contributed by atoms with Crippen molar-refractivity contribution in [2.75, 3.05) is 0 Å². The normalized spacial score (nSPS) is 13.5. The SMILES string of the molecule is CC(=O)c1ccc2c(c1)C(=O)N(Cc1ccccc1)C2=O. The molecule has 0 atom stereocenters. The summed E-state index contributed by atoms with van der Waals surface area (Å²) in [5.74, 6) is -0.782. The van der Waals surface area contributed by atoms with E-state index in [1.807, 2.05) is 30.3 Å². The molecule has 1 heterocycles. The zero-order valence-electron chi connectivity index (χ0n) is 11.5. The summed E-state index contributed by atoms with van der Waals surface area (Å²) < 4.78 is 0. The third-order valence-corrected chi connectivity index (χ3v) is 3.56. The molecule has 3 rings (SSSR count). The van der Waals surface area contributed by atoms with Crippen LogP contribution in [-0.2, 0) is 6.54 Å². The Bertz CT molecular complexity index is 750. The highest BCUT2D eigenvalue weighted by atomic mass is 16.2. The summed E-state index contributed by atoms with van der Waals surface area (Å²) in [4.78, 5) is 37.3. The van der Waals surface area contributed by atoms with Crippen LogP contribution in [0.2, 0.25) is 0 Å². The first-order chi connectivity index (χ1) is 10.1. The zero-order valence-corrected chi connectivity index (χ0v) is 11.5. The van der Waals surface area contributed by atoms with Crippen molar-refractivity contribution in [1.29, 1.82) is 0 Å². The maximum absolute atomic E-state index is 12.4. The molecule has 104 valence electrons. The number of imide groups is 1. The fraction of sp³-hybridized carbons (Fsp3) is 0.118. The first-order valence-corrected chi connectivity index (χ1v) is 6.63. The predicted octanol–water partition coefficient (Wildman–Crippen LogP) is 2.69. The van der Waals surface area contributed by atoms with Gasteiger partial charge < -0.3 is 0 Å². The topological polar surface area (TPSA) is 54.5 Å². The molecule has 2 amide bonds. The Labute approximate surface area is 122 Å². The average molecular weight is 279 g/mol. The van der Waals surface area contributed by atoms with Gasteiger partial charge in [0.25, 0.3) is 11.8 Å². The fourth-order valence-corrected chi connectivity index (χ4v) is 2.42. The number of ketones is 1. The van der Waals surface area contributed by atoms with Gasteiger partial charge in [0.1, 0.15) is 0 Å². The molecule has 1 aliphatic rings. The van der Waals surface area contributed by atoms with Gasteiger partial charge in [-0.05, 0) is 24.6 Å². The Morgan fingerprint density at radius 3 is 2.29 bits per heavy atom. The van der Waals surface area contributed by atoms with Gasteiger partial charge in [0, 0.05) is 5.56 Å². The quantitative estimate of drug-likeness (QED) is 0.641. The molecule has 2 aromatic carbocycles. The van der Waals surface area contributed by atoms with Crippen LogP contribution in [0.15, 0.2) is 48.5 Å². The molecule has 0 bridgehead atoms. The molecule has 0 aromatic heterocycles. The molecule has 0 fully saturated rings. The van der Waals surface area contributed by atoms with Crippen molar-refractivity contribution in [2.24, 2.45) is 0 Å². The standard InChI is InChI=1S/C17H13NO3/c1-11(19)13-7-8-14-15(9-13)17(21)18(16(14)20)10-12-5-3-2-4-6-12/h2-9H,10H2,1H3. The van der Waals surface area contributed by atoms with Crippen LogP contribution < -0.4 is 0 Å². The number of carbonyl (C=O) groups is 3. The molecule has 0 unspecified atom stereocenters. The number of fused-ring (bicyclic) bond motifs is 1. The van der Waals surface area contributed by atoms with Gasteiger partial charge in [-0.2, -0.15) is 0 Å². The van der Waals surface area contributed by atoms with Gasteiger partial charge in [0.2, 0.25) is 0 Å². The summed E-state index contributed by atoms with van der Waals surface area (Å²) in [7, 11) is 0. The third kappa shape index (κ3) is 2.25. The van der Waals surface area contributed by atoms with Crippen LogP contribution in [0, 0.1) is 0 Å². The van der Waals surface area contributed by atoms with Crippen molar-refractivity contribution in [2.45, 2.75) is 13.5 Å². The molecule has 21 heavy (non-hydrogen) atoms. The fourth-order valence-electron chi connectivity index (χ4n) is 2.42. The highest BCUT2D eigenvalue weighted by Crippen LogP contribution is 2.25. The van der Waals surface area contributed by atoms with Crippen LogP contribution in [0.25, 0.3) is 0 Å². The highest BCUT2D eigenvalue weighted by molar-refractivity contribution is 6.22. The molecular formula is C17H13NO3. The number of hydrogen-bond acceptors (Lipinski definition) is 3. The number of rotatable bonds is 3. The lowest BCUT2D eigenvalue weighted by molar-refractivity contribution is 0.0642. The summed E-state index contributed by atoms with van der Waals surface area (Å²) in [6, 6.07) is 14.0. The van der Waals surface area contributed by atoms with Gasteiger partial charge in [0.05, 0.1) is 17.7 Å². The number of hydrogen-bond donors (Lipinski definition) is 0. The average Bonchev–Trinajstić information content (AvgIpc) is 2.73. The van der Waals surface area contributed by atoms with Crippen LogP contribution in [0.5, 0.6) is 0 Å². The second-order valence-electron chi connectivity index (χ2n) is 5.00. The second kappa shape index (κ2) is 4.98. The van der Waals surface area contributed by atoms with E-state index in [0.717, 1.165) is 5.56 Å². The summed E-state index contributed by atoms with van der Waals surface area (Å²) in [6.45, 7) is 1.67. The highest BCUT2D eigenvalue weighted by Gasteiger charge is 2.35. The van der Waals surface area contributed by atoms with Gasteiger partial charge in [0.15, 0.2) is 5.78 Å². The van der Waals surface area contributed by atoms with E-state index in [9.17, 15) is 14.4 Å². The Morgan fingerprint density at radius 2 is 1.62 bits per heavy atom. The number of Topliss-reactive ketones (excluding diaryl/α,β-unsaturated/α-hetero) is 1. The number of amides is 2. The smallest absolute Gasteiger partial charge is 0.261 e.